The molecular formula is C34H34O9. The van der Waals surface area contributed by atoms with Crippen LogP contribution in [0, 0.1) is 23.2 Å². The zero-order chi connectivity index (χ0) is 30.7. The number of phenols is 3. The number of ether oxygens (including phenoxy) is 1. The summed E-state index contributed by atoms with van der Waals surface area (Å²) in [5.74, 6) is 0.167. The third-order valence-corrected chi connectivity index (χ3v) is 9.99. The maximum absolute atomic E-state index is 12.1. The number of hydrogen-bond donors (Lipinski definition) is 4. The Morgan fingerprint density at radius 2 is 1.65 bits per heavy atom. The number of aromatic hydroxyl groups is 4. The van der Waals surface area contributed by atoms with Gasteiger partial charge in [0.2, 0.25) is 11.2 Å². The number of benzene rings is 2. The Bertz CT molecular complexity index is 1770. The number of hydrogen-bond acceptors (Lipinski definition) is 9. The highest BCUT2D eigenvalue weighted by atomic mass is 16.6. The minimum atomic E-state index is -0.654. The zero-order valence-electron chi connectivity index (χ0n) is 24.0. The first-order chi connectivity index (χ1) is 20.4. The first kappa shape index (κ1) is 28.6. The van der Waals surface area contributed by atoms with Crippen LogP contribution >= 0.6 is 0 Å². The van der Waals surface area contributed by atoms with Gasteiger partial charge in [-0.3, -0.25) is 14.4 Å². The van der Waals surface area contributed by atoms with Crippen molar-refractivity contribution in [3.8, 4) is 34.3 Å². The number of esters is 1. The first-order valence-corrected chi connectivity index (χ1v) is 14.6. The van der Waals surface area contributed by atoms with E-state index in [1.165, 1.54) is 35.9 Å². The number of rotatable bonds is 1. The second-order valence-corrected chi connectivity index (χ2v) is 12.5. The Labute approximate surface area is 247 Å². The van der Waals surface area contributed by atoms with Crippen LogP contribution in [-0.4, -0.2) is 37.8 Å². The largest absolute Gasteiger partial charge is 0.508 e. The van der Waals surface area contributed by atoms with Gasteiger partial charge in [-0.2, -0.15) is 0 Å². The van der Waals surface area contributed by atoms with Crippen LogP contribution in [0.5, 0.6) is 23.0 Å². The lowest BCUT2D eigenvalue weighted by Gasteiger charge is -2.58. The van der Waals surface area contributed by atoms with Crippen molar-refractivity contribution >= 4 is 22.7 Å². The summed E-state index contributed by atoms with van der Waals surface area (Å²) in [5.41, 5.74) is 0.740. The molecule has 9 nitrogen and oxygen atoms in total. The molecule has 7 rings (SSSR count). The number of carbonyl (C=O) groups is 2. The lowest BCUT2D eigenvalue weighted by molar-refractivity contribution is -0.192. The van der Waals surface area contributed by atoms with Crippen molar-refractivity contribution in [1.82, 2.24) is 0 Å². The molecule has 0 amide bonds. The van der Waals surface area contributed by atoms with E-state index in [4.69, 9.17) is 9.15 Å². The summed E-state index contributed by atoms with van der Waals surface area (Å²) in [4.78, 5) is 35.5. The molecule has 9 heteroatoms. The number of ketones is 1. The third-order valence-electron chi connectivity index (χ3n) is 9.99. The molecule has 3 fully saturated rings. The summed E-state index contributed by atoms with van der Waals surface area (Å²) in [6.07, 6.45) is 11.5. The van der Waals surface area contributed by atoms with E-state index in [2.05, 4.69) is 19.9 Å². The van der Waals surface area contributed by atoms with E-state index < -0.39 is 16.9 Å². The fourth-order valence-corrected chi connectivity index (χ4v) is 7.75. The SMILES string of the molecule is C[C@]12C=CC(=O)C=C1CC[C@@H]1[C@@H]2CC[C@]2(C)OC(=O)CC[C@@H]12.O=c1c(O)c(-c2ccc(O)c(O)c2)oc2cc(O)ccc12. The van der Waals surface area contributed by atoms with Crippen molar-refractivity contribution in [2.24, 2.45) is 23.2 Å². The van der Waals surface area contributed by atoms with Crippen LogP contribution < -0.4 is 5.43 Å². The number of allylic oxidation sites excluding steroid dienone is 4. The van der Waals surface area contributed by atoms with Gasteiger partial charge in [0.15, 0.2) is 23.0 Å². The molecule has 1 aliphatic heterocycles. The smallest absolute Gasteiger partial charge is 0.306 e. The lowest BCUT2D eigenvalue weighted by atomic mass is 9.49. The van der Waals surface area contributed by atoms with Crippen LogP contribution in [0.25, 0.3) is 22.3 Å². The second kappa shape index (κ2) is 10.3. The van der Waals surface area contributed by atoms with Gasteiger partial charge in [0, 0.05) is 29.4 Å². The Balaban J connectivity index is 0.000000153. The van der Waals surface area contributed by atoms with Gasteiger partial charge in [0.25, 0.3) is 0 Å². The van der Waals surface area contributed by atoms with Crippen molar-refractivity contribution in [2.75, 3.05) is 0 Å². The normalized spacial score (nSPS) is 29.3. The summed E-state index contributed by atoms with van der Waals surface area (Å²) in [5, 5.41) is 38.3. The summed E-state index contributed by atoms with van der Waals surface area (Å²) < 4.78 is 11.2. The molecule has 0 spiro atoms. The molecule has 0 unspecified atom stereocenters. The number of fused-ring (bicyclic) bond motifs is 6. The molecule has 0 radical (unpaired) electrons. The van der Waals surface area contributed by atoms with Gasteiger partial charge in [-0.25, -0.2) is 0 Å². The molecule has 2 heterocycles. The van der Waals surface area contributed by atoms with Crippen LogP contribution in [0.3, 0.4) is 0 Å². The minimum Gasteiger partial charge on any atom is -0.508 e. The molecule has 5 atom stereocenters. The molecule has 3 aliphatic carbocycles. The fraction of sp³-hybridized carbons (Fsp3) is 0.382. The van der Waals surface area contributed by atoms with Crippen LogP contribution in [0.15, 0.2) is 69.4 Å². The topological polar surface area (TPSA) is 154 Å². The molecule has 2 aromatic carbocycles. The highest BCUT2D eigenvalue weighted by Gasteiger charge is 2.56. The van der Waals surface area contributed by atoms with E-state index in [0.717, 1.165) is 38.2 Å². The van der Waals surface area contributed by atoms with Gasteiger partial charge >= 0.3 is 5.97 Å². The monoisotopic (exact) mass is 586 g/mol. The summed E-state index contributed by atoms with van der Waals surface area (Å²) in [6.45, 7) is 4.44. The maximum atomic E-state index is 12.1. The van der Waals surface area contributed by atoms with E-state index in [9.17, 15) is 34.8 Å². The van der Waals surface area contributed by atoms with Gasteiger partial charge in [0.1, 0.15) is 16.9 Å². The van der Waals surface area contributed by atoms with Crippen molar-refractivity contribution in [3.63, 3.8) is 0 Å². The lowest BCUT2D eigenvalue weighted by Crippen LogP contribution is -2.56. The van der Waals surface area contributed by atoms with Gasteiger partial charge in [-0.05, 0) is 93.3 Å². The number of carbonyl (C=O) groups excluding carboxylic acids is 2. The van der Waals surface area contributed by atoms with Crippen molar-refractivity contribution in [1.29, 1.82) is 0 Å². The predicted molar refractivity (Wildman–Crippen MR) is 158 cm³/mol. The molecule has 43 heavy (non-hydrogen) atoms. The van der Waals surface area contributed by atoms with Crippen LogP contribution in [0.4, 0.5) is 0 Å². The molecule has 2 saturated carbocycles. The van der Waals surface area contributed by atoms with Gasteiger partial charge in [0.05, 0.1) is 5.39 Å². The van der Waals surface area contributed by atoms with E-state index in [1.807, 2.05) is 6.08 Å². The number of phenolic OH excluding ortho intramolecular Hbond substituents is 3. The first-order valence-electron chi connectivity index (χ1n) is 14.6. The highest BCUT2D eigenvalue weighted by molar-refractivity contribution is 6.01. The van der Waals surface area contributed by atoms with Gasteiger partial charge in [-0.1, -0.05) is 18.6 Å². The van der Waals surface area contributed by atoms with Crippen molar-refractivity contribution in [3.05, 3.63) is 70.4 Å². The predicted octanol–water partition coefficient (Wildman–Crippen LogP) is 5.87. The van der Waals surface area contributed by atoms with E-state index in [1.54, 1.807) is 6.08 Å². The van der Waals surface area contributed by atoms with Crippen molar-refractivity contribution < 1.29 is 39.2 Å². The zero-order valence-corrected chi connectivity index (χ0v) is 24.0. The van der Waals surface area contributed by atoms with Crippen LogP contribution in [-0.2, 0) is 14.3 Å². The molecule has 3 aromatic rings. The maximum Gasteiger partial charge on any atom is 0.306 e. The summed E-state index contributed by atoms with van der Waals surface area (Å²) in [6, 6.07) is 7.64. The minimum absolute atomic E-state index is 0.0250. The van der Waals surface area contributed by atoms with E-state index in [0.29, 0.717) is 24.2 Å². The standard InChI is InChI=1S/C19H24O3.C15H10O6/c1-18-9-7-13(20)11-12(18)3-4-14-15(18)8-10-19(2)16(14)5-6-17(21)22-19;16-8-2-3-9-12(6-8)21-15(14(20)13(9)19)7-1-4-10(17)11(18)5-7/h7,9,11,14-16H,3-6,8,10H2,1-2H3;1-6,16-18,20H/t14-,15+,16+,18+,19+;/m1./s1. The van der Waals surface area contributed by atoms with E-state index >= 15 is 0 Å². The second-order valence-electron chi connectivity index (χ2n) is 12.5. The summed E-state index contributed by atoms with van der Waals surface area (Å²) >= 11 is 0. The van der Waals surface area contributed by atoms with Crippen LogP contribution in [0.2, 0.25) is 0 Å². The van der Waals surface area contributed by atoms with Gasteiger partial charge in [-0.15, -0.1) is 0 Å². The Morgan fingerprint density at radius 3 is 2.42 bits per heavy atom. The average molecular weight is 587 g/mol. The molecule has 0 bridgehead atoms. The average Bonchev–Trinajstić information content (AvgIpc) is 2.96. The quantitative estimate of drug-likeness (QED) is 0.202. The highest BCUT2D eigenvalue weighted by Crippen LogP contribution is 2.60. The molecule has 4 N–H and O–H groups in total. The molecule has 4 aliphatic rings. The third kappa shape index (κ3) is 4.86. The van der Waals surface area contributed by atoms with E-state index in [-0.39, 0.29) is 56.6 Å². The Hall–Kier alpha value is -4.53. The molecule has 224 valence electrons. The Morgan fingerprint density at radius 1 is 0.860 bits per heavy atom. The summed E-state index contributed by atoms with van der Waals surface area (Å²) in [7, 11) is 0. The molecule has 1 saturated heterocycles. The van der Waals surface area contributed by atoms with Crippen molar-refractivity contribution in [2.45, 2.75) is 58.0 Å². The molecule has 1 aromatic heterocycles. The molecular weight excluding hydrogens is 552 g/mol. The fourth-order valence-electron chi connectivity index (χ4n) is 7.75. The van der Waals surface area contributed by atoms with Gasteiger partial charge < -0.3 is 29.6 Å². The van der Waals surface area contributed by atoms with Crippen LogP contribution in [0.1, 0.15) is 52.4 Å². The Kier molecular flexibility index (Phi) is 6.86.